The van der Waals surface area contributed by atoms with Crippen molar-refractivity contribution in [1.82, 2.24) is 0 Å². The smallest absolute Gasteiger partial charge is 0.462 e. The van der Waals surface area contributed by atoms with Crippen LogP contribution in [0.5, 0.6) is 0 Å². The quantitative estimate of drug-likeness (QED) is 0.0156. The minimum atomic E-state index is -4.42. The van der Waals surface area contributed by atoms with Crippen molar-refractivity contribution in [2.24, 2.45) is 0 Å². The van der Waals surface area contributed by atoms with Crippen LogP contribution in [-0.4, -0.2) is 86.1 Å². The molecular weight excluding hydrogens is 741 g/mol. The first-order valence-electron chi connectivity index (χ1n) is 21.8. The second-order valence-corrected chi connectivity index (χ2v) is 17.0. The van der Waals surface area contributed by atoms with Gasteiger partial charge in [-0.1, -0.05) is 164 Å². The number of allylic oxidation sites excluding steroid dienone is 10. The van der Waals surface area contributed by atoms with Crippen LogP contribution in [0.4, 0.5) is 0 Å². The number of ether oxygens (including phenoxy) is 2. The van der Waals surface area contributed by atoms with Gasteiger partial charge < -0.3 is 24.0 Å². The molecule has 0 aliphatic carbocycles. The van der Waals surface area contributed by atoms with E-state index in [0.717, 1.165) is 44.9 Å². The molecule has 2 unspecified atom stereocenters. The van der Waals surface area contributed by atoms with Gasteiger partial charge in [0.1, 0.15) is 19.8 Å². The average Bonchev–Trinajstić information content (AvgIpc) is 3.15. The molecule has 2 N–H and O–H groups in total. The standard InChI is InChI=1S/C46H80NO9P/c1-6-8-10-12-14-16-18-20-22-24-26-28-31-35-43(48)36-32-30-34-38-46(50)56-44(42-55-57(51,52)54-40-39-47(3,4)5)41-53-45(49)37-33-29-27-25-23-21-19-17-15-13-11-9-7-2/h8,10,14,16,20,22,26,28,30-32,35,43-44,48H,6-7,9,11-13,15,17-19,21,23-25,27,29,33-34,36-42H2,1-5H3/p+1/b10-8-,16-14-,22-20-,28-26-,32-30-,35-31-/t43?,44-/m1/s1. The predicted molar refractivity (Wildman–Crippen MR) is 235 cm³/mol. The van der Waals surface area contributed by atoms with E-state index in [9.17, 15) is 24.2 Å². The maximum absolute atomic E-state index is 12.7. The van der Waals surface area contributed by atoms with Crippen LogP contribution < -0.4 is 0 Å². The topological polar surface area (TPSA) is 129 Å². The number of aliphatic hydroxyl groups excluding tert-OH is 1. The number of carbonyl (C=O) groups excluding carboxylic acids is 2. The molecule has 0 heterocycles. The Bertz CT molecular complexity index is 1220. The highest BCUT2D eigenvalue weighted by Gasteiger charge is 2.27. The number of esters is 2. The van der Waals surface area contributed by atoms with Crippen molar-refractivity contribution in [3.63, 3.8) is 0 Å². The van der Waals surface area contributed by atoms with E-state index in [4.69, 9.17) is 18.5 Å². The van der Waals surface area contributed by atoms with Crippen LogP contribution in [0.1, 0.15) is 149 Å². The molecule has 0 radical (unpaired) electrons. The summed E-state index contributed by atoms with van der Waals surface area (Å²) in [7, 11) is 1.36. The van der Waals surface area contributed by atoms with E-state index in [1.165, 1.54) is 57.8 Å². The number of likely N-dealkylation sites (N-methyl/N-ethyl adjacent to an activating group) is 1. The monoisotopic (exact) mass is 823 g/mol. The van der Waals surface area contributed by atoms with Crippen LogP contribution in [0.3, 0.4) is 0 Å². The zero-order valence-corrected chi connectivity index (χ0v) is 37.3. The van der Waals surface area contributed by atoms with Gasteiger partial charge in [0.15, 0.2) is 6.10 Å². The fourth-order valence-electron chi connectivity index (χ4n) is 5.42. The SMILES string of the molecule is CC/C=C\C/C=C\C/C=C\C/C=C\C=C/C(O)C/C=C\CCC(=O)O[C@H](COC(=O)CCCCCCCCCCCCCCC)COP(=O)(O)OCC[N+](C)(C)C. The molecule has 0 saturated heterocycles. The largest absolute Gasteiger partial charge is 0.472 e. The molecule has 0 saturated carbocycles. The predicted octanol–water partition coefficient (Wildman–Crippen LogP) is 11.2. The Morgan fingerprint density at radius 3 is 1.79 bits per heavy atom. The molecule has 0 aliphatic heterocycles. The lowest BCUT2D eigenvalue weighted by Gasteiger charge is -2.24. The highest BCUT2D eigenvalue weighted by atomic mass is 31.2. The highest BCUT2D eigenvalue weighted by molar-refractivity contribution is 7.47. The molecule has 0 aliphatic rings. The lowest BCUT2D eigenvalue weighted by atomic mass is 10.0. The van der Waals surface area contributed by atoms with E-state index in [2.05, 4.69) is 50.3 Å². The first-order chi connectivity index (χ1) is 27.4. The van der Waals surface area contributed by atoms with Gasteiger partial charge in [-0.3, -0.25) is 18.6 Å². The van der Waals surface area contributed by atoms with E-state index in [0.29, 0.717) is 30.3 Å². The molecule has 0 aromatic rings. The number of hydrogen-bond acceptors (Lipinski definition) is 8. The average molecular weight is 823 g/mol. The molecule has 10 nitrogen and oxygen atoms in total. The van der Waals surface area contributed by atoms with E-state index in [1.54, 1.807) is 18.2 Å². The van der Waals surface area contributed by atoms with Gasteiger partial charge >= 0.3 is 19.8 Å². The fraction of sp³-hybridized carbons (Fsp3) is 0.696. The molecule has 0 fully saturated rings. The summed E-state index contributed by atoms with van der Waals surface area (Å²) in [6.07, 6.45) is 42.7. The van der Waals surface area contributed by atoms with E-state index >= 15 is 0 Å². The van der Waals surface area contributed by atoms with Crippen molar-refractivity contribution in [3.8, 4) is 0 Å². The molecule has 0 aromatic carbocycles. The summed E-state index contributed by atoms with van der Waals surface area (Å²) < 4.78 is 34.1. The third-order valence-electron chi connectivity index (χ3n) is 8.84. The van der Waals surface area contributed by atoms with Gasteiger partial charge in [-0.2, -0.15) is 0 Å². The molecule has 11 heteroatoms. The third kappa shape index (κ3) is 41.4. The summed E-state index contributed by atoms with van der Waals surface area (Å²) in [5.74, 6) is -0.984. The van der Waals surface area contributed by atoms with Gasteiger partial charge in [-0.05, 0) is 44.9 Å². The number of hydrogen-bond donors (Lipinski definition) is 2. The Kier molecular flexibility index (Phi) is 36.0. The minimum absolute atomic E-state index is 0.00288. The molecule has 0 amide bonds. The highest BCUT2D eigenvalue weighted by Crippen LogP contribution is 2.43. The molecule has 0 spiro atoms. The van der Waals surface area contributed by atoms with Crippen molar-refractivity contribution in [2.75, 3.05) is 47.5 Å². The summed E-state index contributed by atoms with van der Waals surface area (Å²) in [6, 6.07) is 0. The molecule has 328 valence electrons. The van der Waals surface area contributed by atoms with Crippen LogP contribution in [-0.2, 0) is 32.7 Å². The molecule has 0 rings (SSSR count). The molecular formula is C46H81NO9P+. The van der Waals surface area contributed by atoms with Gasteiger partial charge in [0.2, 0.25) is 0 Å². The Labute approximate surface area is 347 Å². The Balaban J connectivity index is 4.61. The Morgan fingerprint density at radius 2 is 1.21 bits per heavy atom. The van der Waals surface area contributed by atoms with Gasteiger partial charge in [0, 0.05) is 12.8 Å². The van der Waals surface area contributed by atoms with Gasteiger partial charge in [0.05, 0.1) is 33.9 Å². The Hall–Kier alpha value is -2.59. The van der Waals surface area contributed by atoms with E-state index in [-0.39, 0.29) is 26.1 Å². The maximum Gasteiger partial charge on any atom is 0.472 e. The van der Waals surface area contributed by atoms with Crippen molar-refractivity contribution in [1.29, 1.82) is 0 Å². The first kappa shape index (κ1) is 54.4. The molecule has 3 atom stereocenters. The van der Waals surface area contributed by atoms with Crippen LogP contribution in [0, 0.1) is 0 Å². The normalized spacial score (nSPS) is 14.9. The van der Waals surface area contributed by atoms with Gasteiger partial charge in [0.25, 0.3) is 0 Å². The van der Waals surface area contributed by atoms with E-state index < -0.39 is 38.6 Å². The van der Waals surface area contributed by atoms with Crippen molar-refractivity contribution in [3.05, 3.63) is 72.9 Å². The van der Waals surface area contributed by atoms with Crippen LogP contribution in [0.25, 0.3) is 0 Å². The summed E-state index contributed by atoms with van der Waals surface area (Å²) in [6.45, 7) is 4.08. The number of unbranched alkanes of at least 4 members (excludes halogenated alkanes) is 12. The van der Waals surface area contributed by atoms with E-state index in [1.807, 2.05) is 39.4 Å². The zero-order valence-electron chi connectivity index (χ0n) is 36.4. The molecule has 57 heavy (non-hydrogen) atoms. The fourth-order valence-corrected chi connectivity index (χ4v) is 6.16. The van der Waals surface area contributed by atoms with Crippen molar-refractivity contribution >= 4 is 19.8 Å². The number of aliphatic hydroxyl groups is 1. The number of carbonyl (C=O) groups is 2. The molecule has 0 bridgehead atoms. The lowest BCUT2D eigenvalue weighted by Crippen LogP contribution is -2.37. The summed E-state index contributed by atoms with van der Waals surface area (Å²) in [5.41, 5.74) is 0. The number of quaternary nitrogens is 1. The minimum Gasteiger partial charge on any atom is -0.462 e. The summed E-state index contributed by atoms with van der Waals surface area (Å²) in [4.78, 5) is 35.3. The maximum atomic E-state index is 12.7. The van der Waals surface area contributed by atoms with Gasteiger partial charge in [-0.15, -0.1) is 0 Å². The van der Waals surface area contributed by atoms with Crippen molar-refractivity contribution in [2.45, 2.75) is 161 Å². The third-order valence-corrected chi connectivity index (χ3v) is 9.83. The van der Waals surface area contributed by atoms with Gasteiger partial charge in [-0.25, -0.2) is 4.57 Å². The second kappa shape index (κ2) is 37.7. The van der Waals surface area contributed by atoms with Crippen LogP contribution in [0.2, 0.25) is 0 Å². The van der Waals surface area contributed by atoms with Crippen molar-refractivity contribution < 1.29 is 47.2 Å². The number of phosphoric acid groups is 1. The number of phosphoric ester groups is 1. The van der Waals surface area contributed by atoms with Crippen LogP contribution >= 0.6 is 7.82 Å². The Morgan fingerprint density at radius 1 is 0.649 bits per heavy atom. The summed E-state index contributed by atoms with van der Waals surface area (Å²) >= 11 is 0. The molecule has 0 aromatic heterocycles. The lowest BCUT2D eigenvalue weighted by molar-refractivity contribution is -0.870. The number of nitrogens with zero attached hydrogens (tertiary/aromatic N) is 1. The first-order valence-corrected chi connectivity index (χ1v) is 23.3. The zero-order chi connectivity index (χ0) is 42.3. The van der Waals surface area contributed by atoms with Crippen LogP contribution in [0.15, 0.2) is 72.9 Å². The number of rotatable bonds is 38. The summed E-state index contributed by atoms with van der Waals surface area (Å²) in [5, 5.41) is 10.2. The second-order valence-electron chi connectivity index (χ2n) is 15.6.